The summed E-state index contributed by atoms with van der Waals surface area (Å²) in [6.45, 7) is 5.43. The highest BCUT2D eigenvalue weighted by molar-refractivity contribution is 4.46. The first-order chi connectivity index (χ1) is 9.91. The van der Waals surface area contributed by atoms with Crippen molar-refractivity contribution in [3.05, 3.63) is 0 Å². The first-order valence-electron chi connectivity index (χ1n) is 8.68. The zero-order chi connectivity index (χ0) is 14.7. The Bertz CT molecular complexity index is 144. The number of aliphatic hydroxyl groups excluding tert-OH is 1. The minimum absolute atomic E-state index is 0.127. The van der Waals surface area contributed by atoms with Gasteiger partial charge < -0.3 is 14.6 Å². The van der Waals surface area contributed by atoms with Crippen LogP contribution in [-0.4, -0.2) is 38.1 Å². The monoisotopic (exact) mass is 288 g/mol. The van der Waals surface area contributed by atoms with Crippen molar-refractivity contribution in [2.45, 2.75) is 77.6 Å². The van der Waals surface area contributed by atoms with Gasteiger partial charge in [-0.25, -0.2) is 0 Å². The summed E-state index contributed by atoms with van der Waals surface area (Å²) >= 11 is 0. The van der Waals surface area contributed by atoms with Crippen molar-refractivity contribution in [1.82, 2.24) is 0 Å². The molecule has 0 atom stereocenters. The summed E-state index contributed by atoms with van der Waals surface area (Å²) in [5, 5.41) is 8.54. The van der Waals surface area contributed by atoms with Crippen molar-refractivity contribution in [2.24, 2.45) is 0 Å². The molecule has 0 spiro atoms. The summed E-state index contributed by atoms with van der Waals surface area (Å²) in [5.41, 5.74) is 0. The van der Waals surface area contributed by atoms with E-state index in [-0.39, 0.29) is 6.61 Å². The topological polar surface area (TPSA) is 38.7 Å². The minimum atomic E-state index is 0.127. The zero-order valence-electron chi connectivity index (χ0n) is 13.6. The molecule has 0 aromatic heterocycles. The van der Waals surface area contributed by atoms with E-state index in [0.717, 1.165) is 39.1 Å². The molecule has 0 rings (SSSR count). The maximum absolute atomic E-state index is 8.54. The molecule has 0 bridgehead atoms. The highest BCUT2D eigenvalue weighted by Crippen LogP contribution is 2.08. The number of aliphatic hydroxyl groups is 1. The summed E-state index contributed by atoms with van der Waals surface area (Å²) in [5.74, 6) is 0. The minimum Gasteiger partial charge on any atom is -0.394 e. The third-order valence-corrected chi connectivity index (χ3v) is 3.46. The van der Waals surface area contributed by atoms with Crippen LogP contribution in [0.4, 0.5) is 0 Å². The summed E-state index contributed by atoms with van der Waals surface area (Å²) < 4.78 is 10.8. The zero-order valence-corrected chi connectivity index (χ0v) is 13.6. The van der Waals surface area contributed by atoms with Gasteiger partial charge in [-0.05, 0) is 25.7 Å². The Hall–Kier alpha value is -0.120. The van der Waals surface area contributed by atoms with Gasteiger partial charge in [0, 0.05) is 19.8 Å². The third kappa shape index (κ3) is 17.9. The summed E-state index contributed by atoms with van der Waals surface area (Å²) in [7, 11) is 0. The summed E-state index contributed by atoms with van der Waals surface area (Å²) in [6.07, 6.45) is 14.2. The Morgan fingerprint density at radius 2 is 0.950 bits per heavy atom. The van der Waals surface area contributed by atoms with E-state index >= 15 is 0 Å². The van der Waals surface area contributed by atoms with E-state index in [1.807, 2.05) is 0 Å². The first kappa shape index (κ1) is 19.9. The molecule has 0 unspecified atom stereocenters. The van der Waals surface area contributed by atoms with Gasteiger partial charge in [0.1, 0.15) is 0 Å². The number of unbranched alkanes of at least 4 members (excludes halogenated alkanes) is 9. The molecule has 0 saturated carbocycles. The highest BCUT2D eigenvalue weighted by Gasteiger charge is 1.94. The molecular formula is C17H36O3. The lowest BCUT2D eigenvalue weighted by atomic mass is 10.1. The van der Waals surface area contributed by atoms with Gasteiger partial charge in [-0.2, -0.15) is 0 Å². The lowest BCUT2D eigenvalue weighted by Gasteiger charge is -2.05. The predicted octanol–water partition coefficient (Wildman–Crippen LogP) is 4.32. The van der Waals surface area contributed by atoms with Crippen molar-refractivity contribution in [3.8, 4) is 0 Å². The van der Waals surface area contributed by atoms with Crippen LogP contribution in [0.2, 0.25) is 0 Å². The SMILES string of the molecule is CCCCCCCCCCOCCCCCOCCO. The number of hydrogen-bond acceptors (Lipinski definition) is 3. The van der Waals surface area contributed by atoms with Gasteiger partial charge in [-0.15, -0.1) is 0 Å². The molecule has 0 aromatic carbocycles. The first-order valence-corrected chi connectivity index (χ1v) is 8.68. The largest absolute Gasteiger partial charge is 0.394 e. The van der Waals surface area contributed by atoms with E-state index in [4.69, 9.17) is 14.6 Å². The predicted molar refractivity (Wildman–Crippen MR) is 85.2 cm³/mol. The maximum atomic E-state index is 8.54. The lowest BCUT2D eigenvalue weighted by molar-refractivity contribution is 0.0858. The molecule has 3 heteroatoms. The van der Waals surface area contributed by atoms with Crippen molar-refractivity contribution < 1.29 is 14.6 Å². The molecule has 0 heterocycles. The smallest absolute Gasteiger partial charge is 0.0697 e. The van der Waals surface area contributed by atoms with E-state index in [0.29, 0.717) is 6.61 Å². The van der Waals surface area contributed by atoms with Gasteiger partial charge in [-0.1, -0.05) is 51.9 Å². The number of ether oxygens (including phenoxy) is 2. The molecule has 0 amide bonds. The average molecular weight is 288 g/mol. The van der Waals surface area contributed by atoms with E-state index in [1.165, 1.54) is 51.4 Å². The molecule has 1 N–H and O–H groups in total. The molecule has 0 aliphatic heterocycles. The van der Waals surface area contributed by atoms with E-state index < -0.39 is 0 Å². The van der Waals surface area contributed by atoms with Crippen LogP contribution in [0.15, 0.2) is 0 Å². The van der Waals surface area contributed by atoms with Crippen LogP contribution in [0.5, 0.6) is 0 Å². The molecule has 3 nitrogen and oxygen atoms in total. The fraction of sp³-hybridized carbons (Fsp3) is 1.00. The molecule has 0 saturated heterocycles. The van der Waals surface area contributed by atoms with Crippen molar-refractivity contribution in [1.29, 1.82) is 0 Å². The lowest BCUT2D eigenvalue weighted by Crippen LogP contribution is -2.02. The van der Waals surface area contributed by atoms with Gasteiger partial charge in [0.25, 0.3) is 0 Å². The van der Waals surface area contributed by atoms with Crippen LogP contribution in [0.3, 0.4) is 0 Å². The van der Waals surface area contributed by atoms with Gasteiger partial charge in [0.2, 0.25) is 0 Å². The van der Waals surface area contributed by atoms with E-state index in [9.17, 15) is 0 Å². The van der Waals surface area contributed by atoms with Gasteiger partial charge in [0.05, 0.1) is 13.2 Å². The van der Waals surface area contributed by atoms with Crippen LogP contribution < -0.4 is 0 Å². The second-order valence-electron chi connectivity index (χ2n) is 5.48. The second kappa shape index (κ2) is 18.9. The van der Waals surface area contributed by atoms with Crippen LogP contribution >= 0.6 is 0 Å². The van der Waals surface area contributed by atoms with Crippen molar-refractivity contribution >= 4 is 0 Å². The number of hydrogen-bond donors (Lipinski definition) is 1. The van der Waals surface area contributed by atoms with Crippen LogP contribution in [-0.2, 0) is 9.47 Å². The van der Waals surface area contributed by atoms with Gasteiger partial charge >= 0.3 is 0 Å². The fourth-order valence-electron chi connectivity index (χ4n) is 2.19. The third-order valence-electron chi connectivity index (χ3n) is 3.46. The van der Waals surface area contributed by atoms with Gasteiger partial charge in [0.15, 0.2) is 0 Å². The Balaban J connectivity index is 2.89. The Labute approximate surface area is 126 Å². The quantitative estimate of drug-likeness (QED) is 0.405. The summed E-state index contributed by atoms with van der Waals surface area (Å²) in [4.78, 5) is 0. The summed E-state index contributed by atoms with van der Waals surface area (Å²) in [6, 6.07) is 0. The molecule has 0 aromatic rings. The average Bonchev–Trinajstić information content (AvgIpc) is 2.47. The molecule has 122 valence electrons. The van der Waals surface area contributed by atoms with E-state index in [2.05, 4.69) is 6.92 Å². The molecule has 0 aliphatic rings. The number of rotatable bonds is 17. The fourth-order valence-corrected chi connectivity index (χ4v) is 2.19. The van der Waals surface area contributed by atoms with Crippen molar-refractivity contribution in [2.75, 3.05) is 33.0 Å². The van der Waals surface area contributed by atoms with Crippen LogP contribution in [0, 0.1) is 0 Å². The standard InChI is InChI=1S/C17H36O3/c1-2-3-4-5-6-7-8-10-14-19-15-11-9-12-16-20-17-13-18/h18H,2-17H2,1H3. The van der Waals surface area contributed by atoms with Gasteiger partial charge in [-0.3, -0.25) is 0 Å². The Kier molecular flexibility index (Phi) is 18.8. The second-order valence-corrected chi connectivity index (χ2v) is 5.48. The van der Waals surface area contributed by atoms with E-state index in [1.54, 1.807) is 0 Å². The molecular weight excluding hydrogens is 252 g/mol. The molecule has 0 aliphatic carbocycles. The normalized spacial score (nSPS) is 11.1. The highest BCUT2D eigenvalue weighted by atomic mass is 16.5. The molecule has 0 radical (unpaired) electrons. The molecule has 20 heavy (non-hydrogen) atoms. The maximum Gasteiger partial charge on any atom is 0.0697 e. The Morgan fingerprint density at radius 1 is 0.550 bits per heavy atom. The molecule has 0 fully saturated rings. The Morgan fingerprint density at radius 3 is 1.45 bits per heavy atom. The van der Waals surface area contributed by atoms with Crippen LogP contribution in [0.25, 0.3) is 0 Å². The van der Waals surface area contributed by atoms with Crippen molar-refractivity contribution in [3.63, 3.8) is 0 Å². The van der Waals surface area contributed by atoms with Crippen LogP contribution in [0.1, 0.15) is 77.6 Å².